The number of nitrogens with one attached hydrogen (secondary N) is 2. The van der Waals surface area contributed by atoms with E-state index in [2.05, 4.69) is 10.6 Å². The molecule has 0 radical (unpaired) electrons. The molecule has 0 aliphatic carbocycles. The lowest BCUT2D eigenvalue weighted by molar-refractivity contribution is -0.120. The normalized spacial score (nSPS) is 11.4. The first kappa shape index (κ1) is 20.2. The van der Waals surface area contributed by atoms with Gasteiger partial charge in [-0.25, -0.2) is 8.78 Å². The highest BCUT2D eigenvalue weighted by molar-refractivity contribution is 5.96. The average molecular weight is 378 g/mol. The van der Waals surface area contributed by atoms with Crippen LogP contribution in [0.2, 0.25) is 0 Å². The van der Waals surface area contributed by atoms with Crippen LogP contribution in [0.4, 0.5) is 8.78 Å². The van der Waals surface area contributed by atoms with E-state index in [4.69, 9.17) is 9.47 Å². The zero-order chi connectivity index (χ0) is 20.0. The Morgan fingerprint density at radius 3 is 2.44 bits per heavy atom. The van der Waals surface area contributed by atoms with Crippen molar-refractivity contribution in [2.24, 2.45) is 0 Å². The number of halogens is 2. The Morgan fingerprint density at radius 1 is 1.07 bits per heavy atom. The van der Waals surface area contributed by atoms with Crippen LogP contribution in [0.1, 0.15) is 28.9 Å². The fourth-order valence-corrected chi connectivity index (χ4v) is 2.48. The van der Waals surface area contributed by atoms with Gasteiger partial charge in [-0.3, -0.25) is 9.59 Å². The van der Waals surface area contributed by atoms with Crippen molar-refractivity contribution in [3.05, 3.63) is 59.2 Å². The topological polar surface area (TPSA) is 76.7 Å². The first-order valence-corrected chi connectivity index (χ1v) is 8.10. The van der Waals surface area contributed by atoms with E-state index < -0.39 is 29.5 Å². The number of carbonyl (C=O) groups is 2. The van der Waals surface area contributed by atoms with Gasteiger partial charge in [-0.1, -0.05) is 0 Å². The number of rotatable bonds is 7. The van der Waals surface area contributed by atoms with Gasteiger partial charge < -0.3 is 20.1 Å². The fourth-order valence-electron chi connectivity index (χ4n) is 2.48. The second-order valence-electron chi connectivity index (χ2n) is 5.70. The van der Waals surface area contributed by atoms with E-state index in [0.29, 0.717) is 23.1 Å². The molecule has 0 heterocycles. The lowest BCUT2D eigenvalue weighted by Gasteiger charge is -2.18. The molecule has 0 bridgehead atoms. The maximum atomic E-state index is 13.6. The van der Waals surface area contributed by atoms with Crippen LogP contribution in [-0.4, -0.2) is 32.6 Å². The maximum absolute atomic E-state index is 13.6. The molecule has 1 unspecified atom stereocenters. The molecule has 0 aliphatic rings. The molecule has 0 saturated heterocycles. The van der Waals surface area contributed by atoms with Crippen molar-refractivity contribution >= 4 is 11.8 Å². The van der Waals surface area contributed by atoms with Gasteiger partial charge in [-0.2, -0.15) is 0 Å². The minimum atomic E-state index is -0.998. The van der Waals surface area contributed by atoms with E-state index in [9.17, 15) is 18.4 Å². The van der Waals surface area contributed by atoms with Gasteiger partial charge >= 0.3 is 0 Å². The third-order valence-electron chi connectivity index (χ3n) is 3.87. The van der Waals surface area contributed by atoms with E-state index >= 15 is 0 Å². The Labute approximate surface area is 155 Å². The summed E-state index contributed by atoms with van der Waals surface area (Å²) in [6.45, 7) is 1.38. The summed E-state index contributed by atoms with van der Waals surface area (Å²) >= 11 is 0. The molecule has 0 spiro atoms. The Bertz CT molecular complexity index is 842. The first-order valence-electron chi connectivity index (χ1n) is 8.10. The van der Waals surface area contributed by atoms with Crippen LogP contribution in [0.25, 0.3) is 0 Å². The third kappa shape index (κ3) is 5.16. The van der Waals surface area contributed by atoms with Gasteiger partial charge in [0.1, 0.15) is 23.1 Å². The number of carbonyl (C=O) groups excluding carboxylic acids is 2. The van der Waals surface area contributed by atoms with Crippen LogP contribution in [0, 0.1) is 11.6 Å². The average Bonchev–Trinajstić information content (AvgIpc) is 2.65. The molecule has 2 aromatic carbocycles. The molecule has 0 aromatic heterocycles. The predicted octanol–water partition coefficient (Wildman–Crippen LogP) is 2.59. The van der Waals surface area contributed by atoms with Crippen LogP contribution in [0.15, 0.2) is 36.4 Å². The number of amides is 2. The minimum absolute atomic E-state index is 0.341. The van der Waals surface area contributed by atoms with Crippen molar-refractivity contribution in [2.45, 2.75) is 13.0 Å². The van der Waals surface area contributed by atoms with E-state index in [1.54, 1.807) is 25.1 Å². The van der Waals surface area contributed by atoms with Crippen molar-refractivity contribution < 1.29 is 27.8 Å². The summed E-state index contributed by atoms with van der Waals surface area (Å²) < 4.78 is 36.9. The number of methoxy groups -OCH3 is 2. The minimum Gasteiger partial charge on any atom is -0.497 e. The number of benzene rings is 2. The van der Waals surface area contributed by atoms with E-state index in [-0.39, 0.29) is 12.1 Å². The summed E-state index contributed by atoms with van der Waals surface area (Å²) in [6, 6.07) is 7.34. The molecule has 27 heavy (non-hydrogen) atoms. The standard InChI is InChI=1S/C19H20F2N2O4/c1-11(15-9-13(26-2)5-7-17(15)27-3)23-18(24)10-22-19(25)14-6-4-12(20)8-16(14)21/h4-9,11H,10H2,1-3H3,(H,22,25)(H,23,24). The van der Waals surface area contributed by atoms with Gasteiger partial charge in [0, 0.05) is 11.6 Å². The molecule has 2 rings (SSSR count). The van der Waals surface area contributed by atoms with Crippen LogP contribution >= 0.6 is 0 Å². The highest BCUT2D eigenvalue weighted by Crippen LogP contribution is 2.29. The highest BCUT2D eigenvalue weighted by Gasteiger charge is 2.17. The molecule has 0 fully saturated rings. The van der Waals surface area contributed by atoms with Gasteiger partial charge in [0.05, 0.1) is 32.4 Å². The predicted molar refractivity (Wildman–Crippen MR) is 94.8 cm³/mol. The van der Waals surface area contributed by atoms with Gasteiger partial charge in [0.25, 0.3) is 5.91 Å². The number of hydrogen-bond donors (Lipinski definition) is 2. The molecule has 2 aromatic rings. The van der Waals surface area contributed by atoms with E-state index in [0.717, 1.165) is 12.1 Å². The Kier molecular flexibility index (Phi) is 6.70. The quantitative estimate of drug-likeness (QED) is 0.777. The van der Waals surface area contributed by atoms with Crippen molar-refractivity contribution in [3.63, 3.8) is 0 Å². The molecule has 1 atom stereocenters. The summed E-state index contributed by atoms with van der Waals surface area (Å²) in [4.78, 5) is 24.0. The zero-order valence-electron chi connectivity index (χ0n) is 15.1. The summed E-state index contributed by atoms with van der Waals surface area (Å²) in [7, 11) is 3.04. The Balaban J connectivity index is 1.98. The molecule has 0 saturated carbocycles. The SMILES string of the molecule is COc1ccc(OC)c(C(C)NC(=O)CNC(=O)c2ccc(F)cc2F)c1. The van der Waals surface area contributed by atoms with Gasteiger partial charge in [0.2, 0.25) is 5.91 Å². The van der Waals surface area contributed by atoms with Crippen molar-refractivity contribution in [1.82, 2.24) is 10.6 Å². The van der Waals surface area contributed by atoms with Crippen LogP contribution in [0.5, 0.6) is 11.5 Å². The second kappa shape index (κ2) is 8.98. The Hall–Kier alpha value is -3.16. The molecule has 2 amide bonds. The van der Waals surface area contributed by atoms with E-state index in [1.165, 1.54) is 14.2 Å². The fraction of sp³-hybridized carbons (Fsp3) is 0.263. The van der Waals surface area contributed by atoms with Crippen molar-refractivity contribution in [1.29, 1.82) is 0 Å². The molecule has 144 valence electrons. The number of ether oxygens (including phenoxy) is 2. The maximum Gasteiger partial charge on any atom is 0.254 e. The lowest BCUT2D eigenvalue weighted by Crippen LogP contribution is -2.38. The van der Waals surface area contributed by atoms with Crippen LogP contribution < -0.4 is 20.1 Å². The molecule has 0 aliphatic heterocycles. The van der Waals surface area contributed by atoms with E-state index in [1.807, 2.05) is 0 Å². The Morgan fingerprint density at radius 2 is 1.81 bits per heavy atom. The summed E-state index contributed by atoms with van der Waals surface area (Å²) in [5, 5.41) is 5.01. The smallest absolute Gasteiger partial charge is 0.254 e. The largest absolute Gasteiger partial charge is 0.497 e. The van der Waals surface area contributed by atoms with Crippen LogP contribution in [-0.2, 0) is 4.79 Å². The van der Waals surface area contributed by atoms with Gasteiger partial charge in [0.15, 0.2) is 0 Å². The molecule has 6 nitrogen and oxygen atoms in total. The second-order valence-corrected chi connectivity index (χ2v) is 5.70. The molecule has 2 N–H and O–H groups in total. The first-order chi connectivity index (χ1) is 12.8. The molecular weight excluding hydrogens is 358 g/mol. The van der Waals surface area contributed by atoms with Gasteiger partial charge in [-0.05, 0) is 37.3 Å². The zero-order valence-corrected chi connectivity index (χ0v) is 15.1. The monoisotopic (exact) mass is 378 g/mol. The van der Waals surface area contributed by atoms with Crippen LogP contribution in [0.3, 0.4) is 0 Å². The lowest BCUT2D eigenvalue weighted by atomic mass is 10.1. The van der Waals surface area contributed by atoms with Crippen molar-refractivity contribution in [3.8, 4) is 11.5 Å². The number of hydrogen-bond acceptors (Lipinski definition) is 4. The molecule has 8 heteroatoms. The molecular formula is C19H20F2N2O4. The van der Waals surface area contributed by atoms with Gasteiger partial charge in [-0.15, -0.1) is 0 Å². The highest BCUT2D eigenvalue weighted by atomic mass is 19.1. The third-order valence-corrected chi connectivity index (χ3v) is 3.87. The summed E-state index contributed by atoms with van der Waals surface area (Å²) in [5.41, 5.74) is 0.354. The summed E-state index contributed by atoms with van der Waals surface area (Å²) in [5.74, 6) is -1.91. The summed E-state index contributed by atoms with van der Waals surface area (Å²) in [6.07, 6.45) is 0. The van der Waals surface area contributed by atoms with Crippen molar-refractivity contribution in [2.75, 3.05) is 20.8 Å².